The van der Waals surface area contributed by atoms with Crippen molar-refractivity contribution in [2.75, 3.05) is 0 Å². The maximum absolute atomic E-state index is 8.55. The second-order valence-electron chi connectivity index (χ2n) is 1.95. The molecule has 0 aliphatic carbocycles. The van der Waals surface area contributed by atoms with Gasteiger partial charge in [0.1, 0.15) is 0 Å². The van der Waals surface area contributed by atoms with Crippen molar-refractivity contribution in [1.29, 1.82) is 0 Å². The maximum atomic E-state index is 8.55. The van der Waals surface area contributed by atoms with Gasteiger partial charge in [0.2, 0.25) is 0 Å². The fourth-order valence-corrected chi connectivity index (χ4v) is 0.617. The molecule has 0 radical (unpaired) electrons. The van der Waals surface area contributed by atoms with Gasteiger partial charge in [0.25, 0.3) is 0 Å². The van der Waals surface area contributed by atoms with E-state index in [0.29, 0.717) is 0 Å². The van der Waals surface area contributed by atoms with Crippen LogP contribution in [-0.4, -0.2) is 22.3 Å². The third-order valence-corrected chi connectivity index (χ3v) is 1.19. The first kappa shape index (κ1) is 7.30. The van der Waals surface area contributed by atoms with Crippen LogP contribution < -0.4 is 5.66 Å². The lowest BCUT2D eigenvalue weighted by Crippen LogP contribution is -2.28. The van der Waals surface area contributed by atoms with Crippen molar-refractivity contribution < 1.29 is 14.6 Å². The largest absolute Gasteiger partial charge is 0.529 e. The molecule has 0 saturated heterocycles. The molecule has 0 unspecified atom stereocenters. The van der Waals surface area contributed by atoms with Crippen LogP contribution in [0.15, 0.2) is 10.6 Å². The Hall–Kier alpha value is -0.805. The van der Waals surface area contributed by atoms with E-state index in [-0.39, 0.29) is 5.66 Å². The summed E-state index contributed by atoms with van der Waals surface area (Å²) in [4.78, 5) is 0. The zero-order chi connectivity index (χ0) is 7.56. The first-order valence-corrected chi connectivity index (χ1v) is 3.05. The number of hydrogen-bond acceptors (Lipinski definition) is 4. The summed E-state index contributed by atoms with van der Waals surface area (Å²) < 4.78 is 4.57. The molecule has 1 aromatic rings. The molecule has 0 saturated carbocycles. The Morgan fingerprint density at radius 2 is 2.40 bits per heavy atom. The summed E-state index contributed by atoms with van der Waals surface area (Å²) in [5.74, 6) is 0. The van der Waals surface area contributed by atoms with Gasteiger partial charge in [0, 0.05) is 6.07 Å². The van der Waals surface area contributed by atoms with E-state index in [9.17, 15) is 0 Å². The molecule has 2 N–H and O–H groups in total. The van der Waals surface area contributed by atoms with Gasteiger partial charge in [-0.15, -0.1) is 0 Å². The standard InChI is InChI=1S/C5H8BNO3/c1-2-4-3-5(6(8)9)10-7-4/h3,8-9H,2H2,1H3. The predicted molar refractivity (Wildman–Crippen MR) is 35.7 cm³/mol. The quantitative estimate of drug-likeness (QED) is 0.514. The third kappa shape index (κ3) is 1.37. The first-order chi connectivity index (χ1) is 4.74. The van der Waals surface area contributed by atoms with Crippen LogP contribution in [0.3, 0.4) is 0 Å². The average molecular weight is 141 g/mol. The summed E-state index contributed by atoms with van der Waals surface area (Å²) in [5, 5.41) is 20.7. The van der Waals surface area contributed by atoms with Gasteiger partial charge >= 0.3 is 7.12 Å². The van der Waals surface area contributed by atoms with Crippen LogP contribution in [0.25, 0.3) is 0 Å². The summed E-state index contributed by atoms with van der Waals surface area (Å²) in [6, 6.07) is 1.52. The molecule has 4 nitrogen and oxygen atoms in total. The normalized spacial score (nSPS) is 9.90. The van der Waals surface area contributed by atoms with Gasteiger partial charge in [-0.3, -0.25) is 0 Å². The van der Waals surface area contributed by atoms with Gasteiger partial charge in [0.05, 0.1) is 5.69 Å². The lowest BCUT2D eigenvalue weighted by molar-refractivity contribution is 0.380. The minimum Gasteiger partial charge on any atom is -0.421 e. The molecule has 0 spiro atoms. The molecule has 0 aromatic carbocycles. The molecule has 0 aliphatic heterocycles. The number of rotatable bonds is 2. The van der Waals surface area contributed by atoms with E-state index >= 15 is 0 Å². The molecule has 0 amide bonds. The fourth-order valence-electron chi connectivity index (χ4n) is 0.617. The van der Waals surface area contributed by atoms with Crippen LogP contribution in [0.5, 0.6) is 0 Å². The van der Waals surface area contributed by atoms with Gasteiger partial charge < -0.3 is 14.6 Å². The highest BCUT2D eigenvalue weighted by atomic mass is 16.5. The number of hydrogen-bond donors (Lipinski definition) is 2. The highest BCUT2D eigenvalue weighted by molar-refractivity contribution is 6.56. The minimum atomic E-state index is -1.55. The van der Waals surface area contributed by atoms with Crippen molar-refractivity contribution in [2.24, 2.45) is 0 Å². The summed E-state index contributed by atoms with van der Waals surface area (Å²) >= 11 is 0. The van der Waals surface area contributed by atoms with E-state index in [4.69, 9.17) is 10.0 Å². The molecule has 54 valence electrons. The monoisotopic (exact) mass is 141 g/mol. The smallest absolute Gasteiger partial charge is 0.421 e. The van der Waals surface area contributed by atoms with E-state index in [0.717, 1.165) is 12.1 Å². The topological polar surface area (TPSA) is 66.5 Å². The molecule has 0 aliphatic rings. The highest BCUT2D eigenvalue weighted by Gasteiger charge is 2.16. The van der Waals surface area contributed by atoms with Crippen molar-refractivity contribution in [2.45, 2.75) is 13.3 Å². The van der Waals surface area contributed by atoms with Crippen molar-refractivity contribution in [3.63, 3.8) is 0 Å². The molecule has 1 rings (SSSR count). The van der Waals surface area contributed by atoms with Crippen molar-refractivity contribution in [3.8, 4) is 0 Å². The summed E-state index contributed by atoms with van der Waals surface area (Å²) in [6.07, 6.45) is 0.732. The lowest BCUT2D eigenvalue weighted by Gasteiger charge is -1.85. The van der Waals surface area contributed by atoms with Crippen LogP contribution in [0.2, 0.25) is 0 Å². The fraction of sp³-hybridized carbons (Fsp3) is 0.400. The Kier molecular flexibility index (Phi) is 2.08. The first-order valence-electron chi connectivity index (χ1n) is 3.05. The van der Waals surface area contributed by atoms with Crippen molar-refractivity contribution >= 4 is 12.8 Å². The molecule has 0 bridgehead atoms. The van der Waals surface area contributed by atoms with E-state index in [2.05, 4.69) is 9.68 Å². The average Bonchev–Trinajstić information content (AvgIpc) is 2.34. The molecule has 0 atom stereocenters. The molecule has 1 heterocycles. The predicted octanol–water partition coefficient (Wildman–Crippen LogP) is -1.08. The van der Waals surface area contributed by atoms with Crippen molar-refractivity contribution in [3.05, 3.63) is 11.8 Å². The van der Waals surface area contributed by atoms with Crippen molar-refractivity contribution in [1.82, 2.24) is 5.16 Å². The summed E-state index contributed by atoms with van der Waals surface area (Å²) in [7, 11) is -1.55. The van der Waals surface area contributed by atoms with E-state index in [1.807, 2.05) is 6.92 Å². The number of nitrogens with zero attached hydrogens (tertiary/aromatic N) is 1. The van der Waals surface area contributed by atoms with Gasteiger partial charge in [0.15, 0.2) is 5.66 Å². The van der Waals surface area contributed by atoms with Crippen LogP contribution in [0, 0.1) is 0 Å². The van der Waals surface area contributed by atoms with E-state index < -0.39 is 7.12 Å². The molecular weight excluding hydrogens is 133 g/mol. The maximum Gasteiger partial charge on any atom is 0.529 e. The second kappa shape index (κ2) is 2.85. The Labute approximate surface area is 58.6 Å². The van der Waals surface area contributed by atoms with Gasteiger partial charge in [-0.05, 0) is 6.42 Å². The molecule has 1 aromatic heterocycles. The van der Waals surface area contributed by atoms with Gasteiger partial charge in [-0.25, -0.2) is 0 Å². The Morgan fingerprint density at radius 1 is 1.70 bits per heavy atom. The van der Waals surface area contributed by atoms with Gasteiger partial charge in [-0.1, -0.05) is 12.1 Å². The SMILES string of the molecule is CCc1cc(B(O)O)on1. The molecule has 5 heteroatoms. The molecule has 10 heavy (non-hydrogen) atoms. The zero-order valence-electron chi connectivity index (χ0n) is 5.61. The zero-order valence-corrected chi connectivity index (χ0v) is 5.61. The van der Waals surface area contributed by atoms with Gasteiger partial charge in [-0.2, -0.15) is 0 Å². The van der Waals surface area contributed by atoms with E-state index in [1.165, 1.54) is 6.07 Å². The molecular formula is C5H8BNO3. The lowest BCUT2D eigenvalue weighted by atomic mass is 9.87. The van der Waals surface area contributed by atoms with Crippen LogP contribution in [-0.2, 0) is 6.42 Å². The highest BCUT2D eigenvalue weighted by Crippen LogP contribution is 1.92. The number of aromatic nitrogens is 1. The summed E-state index contributed by atoms with van der Waals surface area (Å²) in [6.45, 7) is 1.91. The Morgan fingerprint density at radius 3 is 2.70 bits per heavy atom. The summed E-state index contributed by atoms with van der Waals surface area (Å²) in [5.41, 5.74) is 0.819. The third-order valence-electron chi connectivity index (χ3n) is 1.19. The second-order valence-corrected chi connectivity index (χ2v) is 1.95. The van der Waals surface area contributed by atoms with Crippen LogP contribution in [0.4, 0.5) is 0 Å². The van der Waals surface area contributed by atoms with Crippen LogP contribution >= 0.6 is 0 Å². The van der Waals surface area contributed by atoms with E-state index in [1.54, 1.807) is 0 Å². The Bertz CT molecular complexity index is 210. The number of aryl methyl sites for hydroxylation is 1. The Balaban J connectivity index is 2.78. The van der Waals surface area contributed by atoms with Crippen LogP contribution in [0.1, 0.15) is 12.6 Å². The minimum absolute atomic E-state index is 0.0943. The molecule has 0 fully saturated rings.